The number of amides is 1. The lowest BCUT2D eigenvalue weighted by Crippen LogP contribution is -2.10. The fraction of sp³-hybridized carbons (Fsp3) is 0.143. The van der Waals surface area contributed by atoms with Crippen LogP contribution in [0.4, 0.5) is 0 Å². The molecule has 1 heterocycles. The van der Waals surface area contributed by atoms with Gasteiger partial charge < -0.3 is 10.5 Å². The molecule has 0 atom stereocenters. The van der Waals surface area contributed by atoms with Crippen LogP contribution in [0.1, 0.15) is 28.5 Å². The van der Waals surface area contributed by atoms with Crippen molar-refractivity contribution in [3.63, 3.8) is 0 Å². The zero-order chi connectivity index (χ0) is 17.6. The van der Waals surface area contributed by atoms with Crippen LogP contribution in [0.5, 0.6) is 5.75 Å². The van der Waals surface area contributed by atoms with Crippen molar-refractivity contribution >= 4 is 5.91 Å². The first kappa shape index (κ1) is 16.7. The van der Waals surface area contributed by atoms with Crippen LogP contribution in [0.15, 0.2) is 66.7 Å². The summed E-state index contributed by atoms with van der Waals surface area (Å²) in [5.41, 5.74) is 9.84. The number of ether oxygens (including phenoxy) is 1. The monoisotopic (exact) mass is 332 g/mol. The third-order valence-corrected chi connectivity index (χ3v) is 3.91. The summed E-state index contributed by atoms with van der Waals surface area (Å²) in [5, 5.41) is 0. The van der Waals surface area contributed by atoms with Gasteiger partial charge in [-0.1, -0.05) is 37.3 Å². The van der Waals surface area contributed by atoms with Crippen molar-refractivity contribution in [2.45, 2.75) is 20.0 Å². The highest BCUT2D eigenvalue weighted by molar-refractivity contribution is 5.92. The maximum absolute atomic E-state index is 11.1. The molecule has 0 saturated heterocycles. The van der Waals surface area contributed by atoms with Gasteiger partial charge in [0.2, 0.25) is 5.91 Å². The van der Waals surface area contributed by atoms with E-state index in [4.69, 9.17) is 15.5 Å². The Morgan fingerprint density at radius 1 is 1.04 bits per heavy atom. The standard InChI is InChI=1S/C21H20N2O2/c1-2-18-12-15(13-20(23-18)16-6-4-3-5-7-16)14-25-19-10-8-17(9-11-19)21(22)24/h3-13H,2,14H2,1H3,(H2,22,24). The number of nitrogens with zero attached hydrogens (tertiary/aromatic N) is 1. The van der Waals surface area contributed by atoms with Gasteiger partial charge in [-0.25, -0.2) is 0 Å². The smallest absolute Gasteiger partial charge is 0.248 e. The molecular formula is C21H20N2O2. The van der Waals surface area contributed by atoms with Crippen LogP contribution >= 0.6 is 0 Å². The summed E-state index contributed by atoms with van der Waals surface area (Å²) in [6, 6.07) is 21.0. The summed E-state index contributed by atoms with van der Waals surface area (Å²) < 4.78 is 5.84. The van der Waals surface area contributed by atoms with Gasteiger partial charge in [-0.15, -0.1) is 0 Å². The van der Waals surface area contributed by atoms with Crippen LogP contribution < -0.4 is 10.5 Å². The number of aryl methyl sites for hydroxylation is 1. The number of aromatic nitrogens is 1. The molecule has 0 aliphatic heterocycles. The fourth-order valence-electron chi connectivity index (χ4n) is 2.55. The summed E-state index contributed by atoms with van der Waals surface area (Å²) in [6.45, 7) is 2.52. The molecule has 0 aliphatic carbocycles. The van der Waals surface area contributed by atoms with E-state index in [1.54, 1.807) is 24.3 Å². The Hall–Kier alpha value is -3.14. The number of hydrogen-bond donors (Lipinski definition) is 1. The molecule has 0 fully saturated rings. The first-order valence-corrected chi connectivity index (χ1v) is 8.23. The number of hydrogen-bond acceptors (Lipinski definition) is 3. The molecule has 4 heteroatoms. The second kappa shape index (κ2) is 7.62. The summed E-state index contributed by atoms with van der Waals surface area (Å²) in [6.07, 6.45) is 0.862. The zero-order valence-electron chi connectivity index (χ0n) is 14.1. The zero-order valence-corrected chi connectivity index (χ0v) is 14.1. The molecule has 0 unspecified atom stereocenters. The third kappa shape index (κ3) is 4.23. The van der Waals surface area contributed by atoms with E-state index >= 15 is 0 Å². The summed E-state index contributed by atoms with van der Waals surface area (Å²) in [7, 11) is 0. The van der Waals surface area contributed by atoms with E-state index in [9.17, 15) is 4.79 Å². The Morgan fingerprint density at radius 3 is 2.40 bits per heavy atom. The number of nitrogens with two attached hydrogens (primary N) is 1. The van der Waals surface area contributed by atoms with Crippen molar-refractivity contribution in [2.24, 2.45) is 5.73 Å². The van der Waals surface area contributed by atoms with Crippen LogP contribution in [-0.2, 0) is 13.0 Å². The van der Waals surface area contributed by atoms with Crippen LogP contribution in [0.3, 0.4) is 0 Å². The van der Waals surface area contributed by atoms with E-state index in [0.717, 1.165) is 28.9 Å². The van der Waals surface area contributed by atoms with Gasteiger partial charge in [-0.3, -0.25) is 9.78 Å². The quantitative estimate of drug-likeness (QED) is 0.742. The van der Waals surface area contributed by atoms with E-state index < -0.39 is 5.91 Å². The van der Waals surface area contributed by atoms with Gasteiger partial charge >= 0.3 is 0 Å². The first-order valence-electron chi connectivity index (χ1n) is 8.23. The number of carbonyl (C=O) groups is 1. The molecule has 0 saturated carbocycles. The molecule has 0 radical (unpaired) electrons. The molecule has 2 N–H and O–H groups in total. The van der Waals surface area contributed by atoms with E-state index in [0.29, 0.717) is 17.9 Å². The predicted octanol–water partition coefficient (Wildman–Crippen LogP) is 3.99. The van der Waals surface area contributed by atoms with Gasteiger partial charge in [-0.2, -0.15) is 0 Å². The highest BCUT2D eigenvalue weighted by Gasteiger charge is 2.06. The maximum Gasteiger partial charge on any atom is 0.248 e. The summed E-state index contributed by atoms with van der Waals surface area (Å²) >= 11 is 0. The Bertz CT molecular complexity index is 859. The highest BCUT2D eigenvalue weighted by Crippen LogP contribution is 2.21. The Balaban J connectivity index is 1.79. The molecule has 3 rings (SSSR count). The second-order valence-corrected chi connectivity index (χ2v) is 5.75. The van der Waals surface area contributed by atoms with E-state index in [1.807, 2.05) is 24.3 Å². The highest BCUT2D eigenvalue weighted by atomic mass is 16.5. The number of benzene rings is 2. The molecule has 4 nitrogen and oxygen atoms in total. The van der Waals surface area contributed by atoms with Crippen LogP contribution in [-0.4, -0.2) is 10.9 Å². The van der Waals surface area contributed by atoms with Gasteiger partial charge in [0.15, 0.2) is 0 Å². The average Bonchev–Trinajstić information content (AvgIpc) is 2.67. The number of primary amides is 1. The van der Waals surface area contributed by atoms with Crippen LogP contribution in [0, 0.1) is 0 Å². The SMILES string of the molecule is CCc1cc(COc2ccc(C(N)=O)cc2)cc(-c2ccccc2)n1. The molecule has 0 bridgehead atoms. The molecular weight excluding hydrogens is 312 g/mol. The minimum absolute atomic E-state index is 0.436. The van der Waals surface area contributed by atoms with Crippen molar-refractivity contribution in [1.82, 2.24) is 4.98 Å². The third-order valence-electron chi connectivity index (χ3n) is 3.91. The van der Waals surface area contributed by atoms with Gasteiger partial charge in [0.1, 0.15) is 12.4 Å². The van der Waals surface area contributed by atoms with Gasteiger partial charge in [0.25, 0.3) is 0 Å². The van der Waals surface area contributed by atoms with E-state index in [2.05, 4.69) is 25.1 Å². The topological polar surface area (TPSA) is 65.2 Å². The molecule has 0 spiro atoms. The van der Waals surface area contributed by atoms with E-state index in [-0.39, 0.29) is 0 Å². The summed E-state index contributed by atoms with van der Waals surface area (Å²) in [4.78, 5) is 15.8. The van der Waals surface area contributed by atoms with Crippen LogP contribution in [0.25, 0.3) is 11.3 Å². The predicted molar refractivity (Wildman–Crippen MR) is 98.3 cm³/mol. The lowest BCUT2D eigenvalue weighted by Gasteiger charge is -2.10. The molecule has 2 aromatic carbocycles. The van der Waals surface area contributed by atoms with Crippen molar-refractivity contribution < 1.29 is 9.53 Å². The fourth-order valence-corrected chi connectivity index (χ4v) is 2.55. The van der Waals surface area contributed by atoms with E-state index in [1.165, 1.54) is 0 Å². The largest absolute Gasteiger partial charge is 0.489 e. The normalized spacial score (nSPS) is 10.4. The lowest BCUT2D eigenvalue weighted by molar-refractivity contribution is 0.1000. The van der Waals surface area contributed by atoms with Gasteiger partial charge in [0.05, 0.1) is 5.69 Å². The minimum Gasteiger partial charge on any atom is -0.489 e. The Kier molecular flexibility index (Phi) is 5.09. The number of rotatable bonds is 6. The Labute approximate surface area is 147 Å². The van der Waals surface area contributed by atoms with Crippen LogP contribution in [0.2, 0.25) is 0 Å². The van der Waals surface area contributed by atoms with Crippen molar-refractivity contribution in [3.8, 4) is 17.0 Å². The average molecular weight is 332 g/mol. The van der Waals surface area contributed by atoms with Crippen molar-refractivity contribution in [3.05, 3.63) is 83.6 Å². The number of pyridine rings is 1. The van der Waals surface area contributed by atoms with Crippen molar-refractivity contribution in [1.29, 1.82) is 0 Å². The second-order valence-electron chi connectivity index (χ2n) is 5.75. The first-order chi connectivity index (χ1) is 12.2. The Morgan fingerprint density at radius 2 is 1.76 bits per heavy atom. The maximum atomic E-state index is 11.1. The molecule has 0 aliphatic rings. The summed E-state index contributed by atoms with van der Waals surface area (Å²) in [5.74, 6) is 0.252. The molecule has 25 heavy (non-hydrogen) atoms. The molecule has 1 amide bonds. The molecule has 1 aromatic heterocycles. The minimum atomic E-state index is -0.444. The lowest BCUT2D eigenvalue weighted by atomic mass is 10.1. The molecule has 126 valence electrons. The van der Waals surface area contributed by atoms with Gasteiger partial charge in [0, 0.05) is 16.8 Å². The number of carbonyl (C=O) groups excluding carboxylic acids is 1. The van der Waals surface area contributed by atoms with Crippen molar-refractivity contribution in [2.75, 3.05) is 0 Å². The molecule has 3 aromatic rings. The van der Waals surface area contributed by atoms with Gasteiger partial charge in [-0.05, 0) is 48.4 Å².